The molecule has 32 heavy (non-hydrogen) atoms. The Hall–Kier alpha value is -1.83. The molecule has 1 saturated heterocycles. The molecule has 4 N–H and O–H groups in total. The number of hydrogen-bond acceptors (Lipinski definition) is 7. The minimum absolute atomic E-state index is 0.0340. The number of carbonyl (C=O) groups excluding carboxylic acids is 1. The molecule has 0 spiro atoms. The van der Waals surface area contributed by atoms with E-state index in [0.717, 1.165) is 32.1 Å². The summed E-state index contributed by atoms with van der Waals surface area (Å²) < 4.78 is 5.77. The Labute approximate surface area is 191 Å². The molecule has 1 aliphatic heterocycles. The van der Waals surface area contributed by atoms with Gasteiger partial charge < -0.3 is 25.4 Å². The summed E-state index contributed by atoms with van der Waals surface area (Å²) in [6.45, 7) is 9.31. The summed E-state index contributed by atoms with van der Waals surface area (Å²) in [5.41, 5.74) is 1.09. The van der Waals surface area contributed by atoms with Crippen LogP contribution in [0, 0.1) is 5.92 Å². The number of aliphatic hydroxyl groups is 1. The first-order valence-corrected chi connectivity index (χ1v) is 12.1. The second-order valence-corrected chi connectivity index (χ2v) is 10.2. The number of ether oxygens (including phenoxy) is 1. The SMILES string of the molecule is CC(C)CC(NC1CCN(C(O)c2cc(C(C)C)c(O)cc2O)C1)C(=O)OC1CCCC1. The van der Waals surface area contributed by atoms with Crippen LogP contribution in [0.25, 0.3) is 0 Å². The molecule has 2 fully saturated rings. The number of nitrogens with one attached hydrogen (secondary N) is 1. The van der Waals surface area contributed by atoms with Gasteiger partial charge in [0, 0.05) is 30.8 Å². The topological polar surface area (TPSA) is 102 Å². The Bertz CT molecular complexity index is 776. The van der Waals surface area contributed by atoms with Crippen LogP contribution in [0.3, 0.4) is 0 Å². The summed E-state index contributed by atoms with van der Waals surface area (Å²) in [4.78, 5) is 14.7. The zero-order chi connectivity index (χ0) is 23.4. The molecule has 7 nitrogen and oxygen atoms in total. The number of nitrogens with zero attached hydrogens (tertiary/aromatic N) is 1. The molecule has 7 heteroatoms. The molecule has 1 aromatic carbocycles. The average Bonchev–Trinajstić information content (AvgIpc) is 3.38. The van der Waals surface area contributed by atoms with E-state index in [-0.39, 0.29) is 41.6 Å². The van der Waals surface area contributed by atoms with Crippen LogP contribution < -0.4 is 5.32 Å². The summed E-state index contributed by atoms with van der Waals surface area (Å²) in [5, 5.41) is 34.9. The van der Waals surface area contributed by atoms with E-state index in [1.54, 1.807) is 6.07 Å². The highest BCUT2D eigenvalue weighted by Gasteiger charge is 2.34. The Morgan fingerprint density at radius 3 is 2.38 bits per heavy atom. The number of phenols is 2. The maximum Gasteiger partial charge on any atom is 0.323 e. The van der Waals surface area contributed by atoms with Crippen LogP contribution in [0.1, 0.15) is 89.5 Å². The molecule has 180 valence electrons. The number of carbonyl (C=O) groups is 1. The zero-order valence-corrected chi connectivity index (χ0v) is 19.9. The normalized spacial score (nSPS) is 22.0. The maximum absolute atomic E-state index is 12.8. The first-order valence-electron chi connectivity index (χ1n) is 12.1. The van der Waals surface area contributed by atoms with Gasteiger partial charge in [-0.3, -0.25) is 9.69 Å². The molecule has 0 radical (unpaired) electrons. The van der Waals surface area contributed by atoms with Crippen molar-refractivity contribution in [3.63, 3.8) is 0 Å². The van der Waals surface area contributed by atoms with E-state index >= 15 is 0 Å². The number of aliphatic hydroxyl groups excluding tert-OH is 1. The average molecular weight is 449 g/mol. The highest BCUT2D eigenvalue weighted by atomic mass is 16.5. The van der Waals surface area contributed by atoms with Gasteiger partial charge in [-0.2, -0.15) is 0 Å². The third kappa shape index (κ3) is 6.15. The van der Waals surface area contributed by atoms with E-state index in [4.69, 9.17) is 4.74 Å². The molecule has 3 atom stereocenters. The van der Waals surface area contributed by atoms with Gasteiger partial charge in [-0.05, 0) is 62.0 Å². The van der Waals surface area contributed by atoms with E-state index in [9.17, 15) is 20.1 Å². The second-order valence-electron chi connectivity index (χ2n) is 10.2. The molecule has 1 heterocycles. The number of likely N-dealkylation sites (tertiary alicyclic amines) is 1. The first kappa shape index (κ1) is 24.8. The molecule has 2 aliphatic rings. The predicted octanol–water partition coefficient (Wildman–Crippen LogP) is 3.78. The minimum Gasteiger partial charge on any atom is -0.508 e. The lowest BCUT2D eigenvalue weighted by atomic mass is 9.98. The Morgan fingerprint density at radius 2 is 1.75 bits per heavy atom. The molecular weight excluding hydrogens is 408 g/mol. The zero-order valence-electron chi connectivity index (χ0n) is 19.9. The van der Waals surface area contributed by atoms with Crippen LogP contribution in [0.4, 0.5) is 0 Å². The van der Waals surface area contributed by atoms with Gasteiger partial charge in [0.15, 0.2) is 0 Å². The summed E-state index contributed by atoms with van der Waals surface area (Å²) in [6, 6.07) is 2.68. The van der Waals surface area contributed by atoms with Crippen molar-refractivity contribution in [3.05, 3.63) is 23.3 Å². The number of hydrogen-bond donors (Lipinski definition) is 4. The van der Waals surface area contributed by atoms with E-state index in [1.165, 1.54) is 6.07 Å². The quantitative estimate of drug-likeness (QED) is 0.427. The van der Waals surface area contributed by atoms with Crippen LogP contribution in [0.5, 0.6) is 11.5 Å². The van der Waals surface area contributed by atoms with E-state index in [1.807, 2.05) is 18.7 Å². The maximum atomic E-state index is 12.8. The lowest BCUT2D eigenvalue weighted by molar-refractivity contribution is -0.152. The Morgan fingerprint density at radius 1 is 1.09 bits per heavy atom. The largest absolute Gasteiger partial charge is 0.508 e. The van der Waals surface area contributed by atoms with Crippen molar-refractivity contribution in [2.45, 2.75) is 96.6 Å². The van der Waals surface area contributed by atoms with Crippen molar-refractivity contribution in [1.82, 2.24) is 10.2 Å². The molecule has 1 saturated carbocycles. The second kappa shape index (κ2) is 10.9. The fourth-order valence-electron chi connectivity index (χ4n) is 4.86. The summed E-state index contributed by atoms with van der Waals surface area (Å²) in [7, 11) is 0. The molecule has 0 amide bonds. The highest BCUT2D eigenvalue weighted by Crippen LogP contribution is 2.37. The number of phenolic OH excluding ortho intramolecular Hbond substituents is 2. The van der Waals surface area contributed by atoms with Gasteiger partial charge in [-0.1, -0.05) is 27.7 Å². The van der Waals surface area contributed by atoms with Crippen LogP contribution in [0.15, 0.2) is 12.1 Å². The smallest absolute Gasteiger partial charge is 0.323 e. The van der Waals surface area contributed by atoms with Crippen molar-refractivity contribution >= 4 is 5.97 Å². The summed E-state index contributed by atoms with van der Waals surface area (Å²) in [6.07, 6.45) is 4.73. The molecule has 1 aromatic rings. The van der Waals surface area contributed by atoms with E-state index in [2.05, 4.69) is 19.2 Å². The van der Waals surface area contributed by atoms with Crippen LogP contribution in [-0.4, -0.2) is 57.5 Å². The standard InChI is InChI=1S/C25H40N2O5/c1-15(2)11-21(25(31)32-18-7-5-6-8-18)26-17-9-10-27(14-17)24(30)20-12-19(16(3)4)22(28)13-23(20)29/h12-13,15-18,21,24,26,28-30H,5-11,14H2,1-4H3. The van der Waals surface area contributed by atoms with Gasteiger partial charge in [0.2, 0.25) is 0 Å². The molecule has 3 rings (SSSR count). The Balaban J connectivity index is 1.64. The molecule has 3 unspecified atom stereocenters. The van der Waals surface area contributed by atoms with E-state index in [0.29, 0.717) is 36.6 Å². The van der Waals surface area contributed by atoms with Crippen LogP contribution in [0.2, 0.25) is 0 Å². The van der Waals surface area contributed by atoms with Crippen molar-refractivity contribution in [3.8, 4) is 11.5 Å². The van der Waals surface area contributed by atoms with Crippen molar-refractivity contribution < 1.29 is 24.9 Å². The van der Waals surface area contributed by atoms with Gasteiger partial charge >= 0.3 is 5.97 Å². The summed E-state index contributed by atoms with van der Waals surface area (Å²) in [5.74, 6) is 0.176. The third-order valence-corrected chi connectivity index (χ3v) is 6.66. The number of benzene rings is 1. The number of esters is 1. The lowest BCUT2D eigenvalue weighted by Gasteiger charge is -2.27. The van der Waals surface area contributed by atoms with Gasteiger partial charge in [-0.25, -0.2) is 0 Å². The molecule has 0 bridgehead atoms. The molecule has 1 aliphatic carbocycles. The highest BCUT2D eigenvalue weighted by molar-refractivity contribution is 5.76. The van der Waals surface area contributed by atoms with Gasteiger partial charge in [0.25, 0.3) is 0 Å². The monoisotopic (exact) mass is 448 g/mol. The van der Waals surface area contributed by atoms with Gasteiger partial charge in [0.05, 0.1) is 0 Å². The minimum atomic E-state index is -0.978. The number of rotatable bonds is 9. The third-order valence-electron chi connectivity index (χ3n) is 6.66. The van der Waals surface area contributed by atoms with Crippen molar-refractivity contribution in [2.24, 2.45) is 5.92 Å². The van der Waals surface area contributed by atoms with Crippen molar-refractivity contribution in [2.75, 3.05) is 13.1 Å². The fourth-order valence-corrected chi connectivity index (χ4v) is 4.86. The van der Waals surface area contributed by atoms with Crippen molar-refractivity contribution in [1.29, 1.82) is 0 Å². The molecule has 0 aromatic heterocycles. The Kier molecular flexibility index (Phi) is 8.42. The van der Waals surface area contributed by atoms with Crippen LogP contribution in [-0.2, 0) is 9.53 Å². The fraction of sp³-hybridized carbons (Fsp3) is 0.720. The molecular formula is C25H40N2O5. The van der Waals surface area contributed by atoms with E-state index < -0.39 is 6.23 Å². The van der Waals surface area contributed by atoms with Crippen LogP contribution >= 0.6 is 0 Å². The first-order chi connectivity index (χ1) is 15.2. The lowest BCUT2D eigenvalue weighted by Crippen LogP contribution is -2.46. The van der Waals surface area contributed by atoms with Gasteiger partial charge in [-0.15, -0.1) is 0 Å². The van der Waals surface area contributed by atoms with Gasteiger partial charge in [0.1, 0.15) is 29.9 Å². The predicted molar refractivity (Wildman–Crippen MR) is 124 cm³/mol. The number of aromatic hydroxyl groups is 2. The summed E-state index contributed by atoms with van der Waals surface area (Å²) >= 11 is 0.